The quantitative estimate of drug-likeness (QED) is 0.841. The van der Waals surface area contributed by atoms with Crippen molar-refractivity contribution in [2.24, 2.45) is 11.3 Å². The third kappa shape index (κ3) is 3.06. The SMILES string of the molecule is COc1ccc(OC)c(C(C)NC(=O)N2C[C@@H]3CCC[C@@]3(C(=O)O)C2)c1. The monoisotopic (exact) mass is 362 g/mol. The van der Waals surface area contributed by atoms with E-state index in [2.05, 4.69) is 5.32 Å². The fourth-order valence-corrected chi connectivity index (χ4v) is 4.33. The summed E-state index contributed by atoms with van der Waals surface area (Å²) in [5, 5.41) is 12.6. The van der Waals surface area contributed by atoms with Crippen LogP contribution in [0.15, 0.2) is 18.2 Å². The number of urea groups is 1. The van der Waals surface area contributed by atoms with Crippen LogP contribution in [0.2, 0.25) is 0 Å². The van der Waals surface area contributed by atoms with Crippen LogP contribution >= 0.6 is 0 Å². The molecule has 7 nitrogen and oxygen atoms in total. The zero-order valence-corrected chi connectivity index (χ0v) is 15.4. The highest BCUT2D eigenvalue weighted by molar-refractivity contribution is 5.80. The fraction of sp³-hybridized carbons (Fsp3) is 0.579. The molecule has 142 valence electrons. The van der Waals surface area contributed by atoms with Gasteiger partial charge in [-0.15, -0.1) is 0 Å². The fourth-order valence-electron chi connectivity index (χ4n) is 4.33. The van der Waals surface area contributed by atoms with Crippen molar-refractivity contribution in [3.8, 4) is 11.5 Å². The van der Waals surface area contributed by atoms with Crippen molar-refractivity contribution < 1.29 is 24.2 Å². The first kappa shape index (κ1) is 18.4. The number of methoxy groups -OCH3 is 2. The molecule has 3 rings (SSSR count). The van der Waals surface area contributed by atoms with Gasteiger partial charge in [0.2, 0.25) is 0 Å². The number of nitrogens with zero attached hydrogens (tertiary/aromatic N) is 1. The number of aliphatic carboxylic acids is 1. The Balaban J connectivity index is 1.72. The lowest BCUT2D eigenvalue weighted by molar-refractivity contribution is -0.149. The van der Waals surface area contributed by atoms with Crippen molar-refractivity contribution in [1.82, 2.24) is 10.2 Å². The average molecular weight is 362 g/mol. The van der Waals surface area contributed by atoms with Gasteiger partial charge in [0.25, 0.3) is 0 Å². The lowest BCUT2D eigenvalue weighted by Crippen LogP contribution is -2.42. The molecule has 1 saturated heterocycles. The number of benzene rings is 1. The first-order chi connectivity index (χ1) is 12.4. The van der Waals surface area contributed by atoms with Crippen molar-refractivity contribution in [2.75, 3.05) is 27.3 Å². The zero-order chi connectivity index (χ0) is 18.9. The predicted molar refractivity (Wildman–Crippen MR) is 95.5 cm³/mol. The molecule has 2 fully saturated rings. The largest absolute Gasteiger partial charge is 0.497 e. The maximum Gasteiger partial charge on any atom is 0.317 e. The molecule has 26 heavy (non-hydrogen) atoms. The molecule has 1 aliphatic heterocycles. The predicted octanol–water partition coefficient (Wildman–Crippen LogP) is 2.66. The molecule has 0 bridgehead atoms. The Labute approximate surface area is 153 Å². The molecule has 3 atom stereocenters. The number of ether oxygens (including phenoxy) is 2. The van der Waals surface area contributed by atoms with E-state index in [4.69, 9.17) is 9.47 Å². The number of hydrogen-bond donors (Lipinski definition) is 2. The molecular formula is C19H26N2O5. The van der Waals surface area contributed by atoms with Crippen molar-refractivity contribution in [1.29, 1.82) is 0 Å². The van der Waals surface area contributed by atoms with E-state index < -0.39 is 11.4 Å². The Kier molecular flexibility index (Phi) is 4.98. The minimum absolute atomic E-state index is 0.0485. The molecule has 1 aromatic carbocycles. The minimum atomic E-state index is -0.780. The summed E-state index contributed by atoms with van der Waals surface area (Å²) in [5.74, 6) is 0.617. The van der Waals surface area contributed by atoms with E-state index in [0.717, 1.165) is 18.4 Å². The zero-order valence-electron chi connectivity index (χ0n) is 15.4. The van der Waals surface area contributed by atoms with Gasteiger partial charge in [-0.2, -0.15) is 0 Å². The second kappa shape index (κ2) is 7.05. The van der Waals surface area contributed by atoms with Crippen LogP contribution in [0.5, 0.6) is 11.5 Å². The van der Waals surface area contributed by atoms with Crippen LogP contribution in [-0.2, 0) is 4.79 Å². The molecule has 2 aliphatic rings. The summed E-state index contributed by atoms with van der Waals surface area (Å²) in [5.41, 5.74) is 0.0429. The highest BCUT2D eigenvalue weighted by Gasteiger charge is 2.55. The number of carboxylic acids is 1. The summed E-state index contributed by atoms with van der Waals surface area (Å²) < 4.78 is 10.6. The number of hydrogen-bond acceptors (Lipinski definition) is 4. The summed E-state index contributed by atoms with van der Waals surface area (Å²) in [4.78, 5) is 26.2. The molecule has 0 aromatic heterocycles. The number of nitrogens with one attached hydrogen (secondary N) is 1. The van der Waals surface area contributed by atoms with E-state index in [1.165, 1.54) is 0 Å². The number of amides is 2. The van der Waals surface area contributed by atoms with Gasteiger partial charge in [0.05, 0.1) is 25.7 Å². The summed E-state index contributed by atoms with van der Waals surface area (Å²) in [6, 6.07) is 4.90. The smallest absolute Gasteiger partial charge is 0.317 e. The third-order valence-electron chi connectivity index (χ3n) is 5.83. The van der Waals surface area contributed by atoms with Gasteiger partial charge in [-0.1, -0.05) is 6.42 Å². The number of likely N-dealkylation sites (tertiary alicyclic amines) is 1. The molecule has 1 aliphatic carbocycles. The molecule has 7 heteroatoms. The first-order valence-electron chi connectivity index (χ1n) is 8.92. The number of carboxylic acid groups (broad SMARTS) is 1. The molecular weight excluding hydrogens is 336 g/mol. The molecule has 2 amide bonds. The lowest BCUT2D eigenvalue weighted by Gasteiger charge is -2.25. The topological polar surface area (TPSA) is 88.1 Å². The molecule has 1 unspecified atom stereocenters. The van der Waals surface area contributed by atoms with Gasteiger partial charge in [0, 0.05) is 18.7 Å². The lowest BCUT2D eigenvalue weighted by atomic mass is 9.81. The van der Waals surface area contributed by atoms with Gasteiger partial charge in [0.1, 0.15) is 11.5 Å². The molecule has 1 saturated carbocycles. The van der Waals surface area contributed by atoms with Crippen LogP contribution in [0.1, 0.15) is 37.8 Å². The summed E-state index contributed by atoms with van der Waals surface area (Å²) in [6.07, 6.45) is 2.44. The van der Waals surface area contributed by atoms with E-state index >= 15 is 0 Å². The van der Waals surface area contributed by atoms with Gasteiger partial charge in [-0.3, -0.25) is 4.79 Å². The Morgan fingerprint density at radius 3 is 2.73 bits per heavy atom. The molecule has 1 aromatic rings. The molecule has 0 radical (unpaired) electrons. The second-order valence-electron chi connectivity index (χ2n) is 7.21. The van der Waals surface area contributed by atoms with Gasteiger partial charge in [-0.25, -0.2) is 4.79 Å². The van der Waals surface area contributed by atoms with E-state index in [-0.39, 0.29) is 24.5 Å². The Morgan fingerprint density at radius 1 is 1.35 bits per heavy atom. The van der Waals surface area contributed by atoms with Crippen molar-refractivity contribution in [2.45, 2.75) is 32.2 Å². The van der Waals surface area contributed by atoms with Crippen LogP contribution in [-0.4, -0.2) is 49.3 Å². The maximum absolute atomic E-state index is 12.7. The van der Waals surface area contributed by atoms with Crippen molar-refractivity contribution >= 4 is 12.0 Å². The highest BCUT2D eigenvalue weighted by atomic mass is 16.5. The molecule has 0 spiro atoms. The standard InChI is InChI=1S/C19H26N2O5/c1-12(15-9-14(25-2)6-7-16(15)26-3)20-18(24)21-10-13-5-4-8-19(13,11-21)17(22)23/h6-7,9,12-13H,4-5,8,10-11H2,1-3H3,(H,20,24)(H,22,23)/t12?,13-,19+/m0/s1. The number of rotatable bonds is 5. The maximum atomic E-state index is 12.7. The summed E-state index contributed by atoms with van der Waals surface area (Å²) in [6.45, 7) is 2.65. The van der Waals surface area contributed by atoms with E-state index in [9.17, 15) is 14.7 Å². The number of fused-ring (bicyclic) bond motifs is 1. The normalized spacial score (nSPS) is 25.5. The summed E-state index contributed by atoms with van der Waals surface area (Å²) in [7, 11) is 3.17. The van der Waals surface area contributed by atoms with Crippen LogP contribution in [0.25, 0.3) is 0 Å². The Hall–Kier alpha value is -2.44. The van der Waals surface area contributed by atoms with Gasteiger partial charge in [-0.05, 0) is 43.9 Å². The van der Waals surface area contributed by atoms with Gasteiger partial charge < -0.3 is 24.8 Å². The van der Waals surface area contributed by atoms with Crippen molar-refractivity contribution in [3.05, 3.63) is 23.8 Å². The Bertz CT molecular complexity index is 707. The first-order valence-corrected chi connectivity index (χ1v) is 8.92. The molecule has 2 N–H and O–H groups in total. The number of carbonyl (C=O) groups excluding carboxylic acids is 1. The average Bonchev–Trinajstić information content (AvgIpc) is 3.19. The van der Waals surface area contributed by atoms with Crippen LogP contribution in [0, 0.1) is 11.3 Å². The van der Waals surface area contributed by atoms with Gasteiger partial charge >= 0.3 is 12.0 Å². The van der Waals surface area contributed by atoms with E-state index in [1.54, 1.807) is 31.3 Å². The third-order valence-corrected chi connectivity index (χ3v) is 5.83. The minimum Gasteiger partial charge on any atom is -0.497 e. The Morgan fingerprint density at radius 2 is 2.12 bits per heavy atom. The van der Waals surface area contributed by atoms with E-state index in [1.807, 2.05) is 13.0 Å². The number of carbonyl (C=O) groups is 2. The van der Waals surface area contributed by atoms with Crippen molar-refractivity contribution in [3.63, 3.8) is 0 Å². The second-order valence-corrected chi connectivity index (χ2v) is 7.21. The van der Waals surface area contributed by atoms with Crippen LogP contribution in [0.4, 0.5) is 4.79 Å². The van der Waals surface area contributed by atoms with Crippen LogP contribution < -0.4 is 14.8 Å². The highest BCUT2D eigenvalue weighted by Crippen LogP contribution is 2.48. The van der Waals surface area contributed by atoms with Gasteiger partial charge in [0.15, 0.2) is 0 Å². The molecule has 1 heterocycles. The van der Waals surface area contributed by atoms with Crippen LogP contribution in [0.3, 0.4) is 0 Å². The van der Waals surface area contributed by atoms with E-state index in [0.29, 0.717) is 24.5 Å². The summed E-state index contributed by atoms with van der Waals surface area (Å²) >= 11 is 0.